The number of para-hydroxylation sites is 1. The van der Waals surface area contributed by atoms with E-state index in [4.69, 9.17) is 4.74 Å². The van der Waals surface area contributed by atoms with Crippen molar-refractivity contribution in [3.05, 3.63) is 29.8 Å². The van der Waals surface area contributed by atoms with Crippen LogP contribution in [0.2, 0.25) is 0 Å². The summed E-state index contributed by atoms with van der Waals surface area (Å²) in [5.74, 6) is 1.40. The molecule has 2 atom stereocenters. The SMILES string of the molecule is COc1ccccc1C(CNC(=O)C1CC12CCNCC2)N1CCCCC1.Cl.Cl. The molecule has 1 spiro atoms. The maximum Gasteiger partial charge on any atom is 0.223 e. The smallest absolute Gasteiger partial charge is 0.223 e. The van der Waals surface area contributed by atoms with Crippen LogP contribution >= 0.6 is 24.8 Å². The van der Waals surface area contributed by atoms with E-state index in [1.165, 1.54) is 24.8 Å². The van der Waals surface area contributed by atoms with Gasteiger partial charge in [0, 0.05) is 18.0 Å². The molecule has 4 rings (SSSR count). The van der Waals surface area contributed by atoms with E-state index in [2.05, 4.69) is 27.7 Å². The quantitative estimate of drug-likeness (QED) is 0.705. The van der Waals surface area contributed by atoms with Gasteiger partial charge in [-0.15, -0.1) is 24.8 Å². The van der Waals surface area contributed by atoms with Crippen molar-refractivity contribution in [3.63, 3.8) is 0 Å². The molecule has 2 aliphatic heterocycles. The Bertz CT molecular complexity index is 661. The van der Waals surface area contributed by atoms with Crippen LogP contribution in [0.3, 0.4) is 0 Å². The maximum atomic E-state index is 12.9. The number of piperidine rings is 2. The third-order valence-electron chi connectivity index (χ3n) is 6.90. The molecular formula is C22H35Cl2N3O2. The molecule has 1 aromatic carbocycles. The standard InChI is InChI=1S/C22H33N3O2.2ClH/c1-27-20-8-4-3-7-17(20)19(25-13-5-2-6-14-25)16-24-21(26)18-15-22(18)9-11-23-12-10-22;;/h3-4,7-8,18-19,23H,2,5-6,9-16H2,1H3,(H,24,26);2*1H. The Morgan fingerprint density at radius 3 is 2.59 bits per heavy atom. The van der Waals surface area contributed by atoms with Gasteiger partial charge in [0.25, 0.3) is 0 Å². The molecule has 3 aliphatic rings. The van der Waals surface area contributed by atoms with Crippen LogP contribution in [0.1, 0.15) is 50.1 Å². The number of likely N-dealkylation sites (tertiary alicyclic amines) is 1. The fourth-order valence-corrected chi connectivity index (χ4v) is 5.12. The summed E-state index contributed by atoms with van der Waals surface area (Å²) in [5.41, 5.74) is 1.48. The highest BCUT2D eigenvalue weighted by Crippen LogP contribution is 2.58. The first-order valence-electron chi connectivity index (χ1n) is 10.6. The van der Waals surface area contributed by atoms with E-state index in [0.717, 1.165) is 51.2 Å². The molecule has 1 aliphatic carbocycles. The molecule has 2 unspecified atom stereocenters. The summed E-state index contributed by atoms with van der Waals surface area (Å²) < 4.78 is 5.63. The van der Waals surface area contributed by atoms with Gasteiger partial charge in [-0.05, 0) is 69.8 Å². The van der Waals surface area contributed by atoms with E-state index >= 15 is 0 Å². The molecule has 1 aromatic rings. The van der Waals surface area contributed by atoms with Crippen LogP contribution in [-0.2, 0) is 4.79 Å². The van der Waals surface area contributed by atoms with Gasteiger partial charge in [0.2, 0.25) is 5.91 Å². The van der Waals surface area contributed by atoms with E-state index in [0.29, 0.717) is 12.0 Å². The van der Waals surface area contributed by atoms with Crippen molar-refractivity contribution in [1.82, 2.24) is 15.5 Å². The minimum Gasteiger partial charge on any atom is -0.496 e. The second-order valence-corrected chi connectivity index (χ2v) is 8.47. The largest absolute Gasteiger partial charge is 0.496 e. The summed E-state index contributed by atoms with van der Waals surface area (Å²) in [6.07, 6.45) is 7.14. The zero-order valence-electron chi connectivity index (χ0n) is 17.3. The molecule has 7 heteroatoms. The minimum atomic E-state index is 0. The summed E-state index contributed by atoms with van der Waals surface area (Å²) in [6, 6.07) is 8.45. The number of carbonyl (C=O) groups is 1. The van der Waals surface area contributed by atoms with Gasteiger partial charge < -0.3 is 15.4 Å². The third-order valence-corrected chi connectivity index (χ3v) is 6.90. The lowest BCUT2D eigenvalue weighted by Crippen LogP contribution is -2.42. The van der Waals surface area contributed by atoms with Crippen LogP contribution in [0.15, 0.2) is 24.3 Å². The number of hydrogen-bond acceptors (Lipinski definition) is 4. The predicted molar refractivity (Wildman–Crippen MR) is 121 cm³/mol. The first-order chi connectivity index (χ1) is 13.2. The van der Waals surface area contributed by atoms with Crippen molar-refractivity contribution in [1.29, 1.82) is 0 Å². The topological polar surface area (TPSA) is 53.6 Å². The van der Waals surface area contributed by atoms with Gasteiger partial charge in [0.1, 0.15) is 5.75 Å². The summed E-state index contributed by atoms with van der Waals surface area (Å²) in [5, 5.41) is 6.72. The summed E-state index contributed by atoms with van der Waals surface area (Å²) in [7, 11) is 1.73. The van der Waals surface area contributed by atoms with Gasteiger partial charge in [-0.1, -0.05) is 24.6 Å². The van der Waals surface area contributed by atoms with Crippen molar-refractivity contribution in [2.24, 2.45) is 11.3 Å². The Hall–Kier alpha value is -1.01. The van der Waals surface area contributed by atoms with Gasteiger partial charge in [-0.3, -0.25) is 9.69 Å². The van der Waals surface area contributed by atoms with Crippen LogP contribution in [0.25, 0.3) is 0 Å². The Kier molecular flexibility index (Phi) is 9.08. The van der Waals surface area contributed by atoms with Crippen molar-refractivity contribution in [3.8, 4) is 5.75 Å². The molecule has 164 valence electrons. The third kappa shape index (κ3) is 5.38. The molecule has 2 heterocycles. The average molecular weight is 444 g/mol. The normalized spacial score (nSPS) is 24.0. The van der Waals surface area contributed by atoms with E-state index in [9.17, 15) is 4.79 Å². The molecule has 0 bridgehead atoms. The van der Waals surface area contributed by atoms with E-state index < -0.39 is 0 Å². The lowest BCUT2D eigenvalue weighted by molar-refractivity contribution is -0.123. The van der Waals surface area contributed by atoms with Crippen molar-refractivity contribution >= 4 is 30.7 Å². The number of methoxy groups -OCH3 is 1. The molecule has 1 saturated carbocycles. The molecule has 2 saturated heterocycles. The van der Waals surface area contributed by atoms with Crippen molar-refractivity contribution in [2.45, 2.75) is 44.6 Å². The highest BCUT2D eigenvalue weighted by molar-refractivity contribution is 5.85. The van der Waals surface area contributed by atoms with E-state index in [-0.39, 0.29) is 42.7 Å². The highest BCUT2D eigenvalue weighted by Gasteiger charge is 2.57. The van der Waals surface area contributed by atoms with E-state index in [1.54, 1.807) is 7.11 Å². The zero-order valence-corrected chi connectivity index (χ0v) is 19.0. The van der Waals surface area contributed by atoms with Gasteiger partial charge in [0.05, 0.1) is 13.2 Å². The number of nitrogens with zero attached hydrogens (tertiary/aromatic N) is 1. The summed E-state index contributed by atoms with van der Waals surface area (Å²) >= 11 is 0. The lowest BCUT2D eigenvalue weighted by Gasteiger charge is -2.35. The Morgan fingerprint density at radius 1 is 1.21 bits per heavy atom. The average Bonchev–Trinajstić information content (AvgIpc) is 3.42. The van der Waals surface area contributed by atoms with Gasteiger partial charge in [-0.25, -0.2) is 0 Å². The van der Waals surface area contributed by atoms with Crippen LogP contribution in [0, 0.1) is 11.3 Å². The van der Waals surface area contributed by atoms with E-state index in [1.807, 2.05) is 12.1 Å². The Balaban J connectivity index is 0.00000150. The molecule has 0 aromatic heterocycles. The minimum absolute atomic E-state index is 0. The van der Waals surface area contributed by atoms with Gasteiger partial charge in [-0.2, -0.15) is 0 Å². The predicted octanol–water partition coefficient (Wildman–Crippen LogP) is 3.57. The first-order valence-corrected chi connectivity index (χ1v) is 10.6. The molecular weight excluding hydrogens is 409 g/mol. The Morgan fingerprint density at radius 2 is 1.90 bits per heavy atom. The second kappa shape index (κ2) is 10.9. The number of halogens is 2. The second-order valence-electron chi connectivity index (χ2n) is 8.47. The van der Waals surface area contributed by atoms with Crippen LogP contribution < -0.4 is 15.4 Å². The molecule has 2 N–H and O–H groups in total. The maximum absolute atomic E-state index is 12.9. The number of hydrogen-bond donors (Lipinski definition) is 2. The number of rotatable bonds is 6. The number of carbonyl (C=O) groups excluding carboxylic acids is 1. The first kappa shape index (κ1) is 24.3. The number of benzene rings is 1. The molecule has 1 amide bonds. The number of ether oxygens (including phenoxy) is 1. The highest BCUT2D eigenvalue weighted by atomic mass is 35.5. The van der Waals surface area contributed by atoms with Crippen LogP contribution in [0.4, 0.5) is 0 Å². The summed E-state index contributed by atoms with van der Waals surface area (Å²) in [6.45, 7) is 4.97. The molecule has 3 fully saturated rings. The fourth-order valence-electron chi connectivity index (χ4n) is 5.12. The lowest BCUT2D eigenvalue weighted by atomic mass is 9.91. The van der Waals surface area contributed by atoms with Crippen LogP contribution in [0.5, 0.6) is 5.75 Å². The molecule has 5 nitrogen and oxygen atoms in total. The zero-order chi connectivity index (χ0) is 18.7. The van der Waals surface area contributed by atoms with Crippen molar-refractivity contribution in [2.75, 3.05) is 39.8 Å². The fraction of sp³-hybridized carbons (Fsp3) is 0.682. The summed E-state index contributed by atoms with van der Waals surface area (Å²) in [4.78, 5) is 15.4. The van der Waals surface area contributed by atoms with Crippen molar-refractivity contribution < 1.29 is 9.53 Å². The number of nitrogens with one attached hydrogen (secondary N) is 2. The number of amides is 1. The Labute approximate surface area is 187 Å². The van der Waals surface area contributed by atoms with Crippen LogP contribution in [-0.4, -0.2) is 50.6 Å². The molecule has 29 heavy (non-hydrogen) atoms. The van der Waals surface area contributed by atoms with Gasteiger partial charge in [0.15, 0.2) is 0 Å². The monoisotopic (exact) mass is 443 g/mol. The molecule has 0 radical (unpaired) electrons. The van der Waals surface area contributed by atoms with Gasteiger partial charge >= 0.3 is 0 Å².